The van der Waals surface area contributed by atoms with Crippen molar-refractivity contribution in [3.8, 4) is 0 Å². The van der Waals surface area contributed by atoms with Crippen molar-refractivity contribution in [1.82, 2.24) is 0 Å². The normalized spacial score (nSPS) is 12.1. The summed E-state index contributed by atoms with van der Waals surface area (Å²) in [6, 6.07) is 0. The van der Waals surface area contributed by atoms with E-state index in [1.54, 1.807) is 0 Å². The Bertz CT molecular complexity index is 254. The predicted octanol–water partition coefficient (Wildman–Crippen LogP) is 1.09. The predicted molar refractivity (Wildman–Crippen MR) is 68.6 cm³/mol. The van der Waals surface area contributed by atoms with Crippen LogP contribution < -0.4 is 0 Å². The van der Waals surface area contributed by atoms with E-state index in [4.69, 9.17) is 20.1 Å². The average Bonchev–Trinajstić information content (AvgIpc) is 2.37. The quantitative estimate of drug-likeness (QED) is 0.364. The van der Waals surface area contributed by atoms with Crippen LogP contribution in [0, 0.1) is 0 Å². The molecule has 0 aliphatic carbocycles. The molecule has 19 heavy (non-hydrogen) atoms. The number of ether oxygens (including phenoxy) is 1. The Labute approximate surface area is 113 Å². The first-order valence-electron chi connectivity index (χ1n) is 6.72. The third-order valence-corrected chi connectivity index (χ3v) is 2.68. The van der Waals surface area contributed by atoms with Crippen LogP contribution in [-0.2, 0) is 14.3 Å². The van der Waals surface area contributed by atoms with Crippen molar-refractivity contribution in [2.75, 3.05) is 13.2 Å². The molecule has 0 bridgehead atoms. The van der Waals surface area contributed by atoms with E-state index in [9.17, 15) is 9.59 Å². The number of aliphatic carboxylic acids is 1. The molecule has 0 rings (SSSR count). The first kappa shape index (κ1) is 17.9. The fraction of sp³-hybridized carbons (Fsp3) is 0.846. The van der Waals surface area contributed by atoms with Gasteiger partial charge in [0.15, 0.2) is 0 Å². The van der Waals surface area contributed by atoms with Gasteiger partial charge >= 0.3 is 11.9 Å². The standard InChI is InChI=1S/C13H24O6/c14-10-11(15)6-4-5-9-19-13(18)8-3-1-2-7-12(16)17/h11,14-15H,1-10H2,(H,16,17). The van der Waals surface area contributed by atoms with Crippen molar-refractivity contribution in [3.05, 3.63) is 0 Å². The summed E-state index contributed by atoms with van der Waals surface area (Å²) in [4.78, 5) is 21.5. The number of hydrogen-bond donors (Lipinski definition) is 3. The second-order valence-corrected chi connectivity index (χ2v) is 4.51. The molecule has 6 nitrogen and oxygen atoms in total. The molecule has 0 aliphatic rings. The number of carbonyl (C=O) groups is 2. The molecule has 0 spiro atoms. The molecule has 0 aromatic rings. The van der Waals surface area contributed by atoms with Gasteiger partial charge < -0.3 is 20.1 Å². The van der Waals surface area contributed by atoms with Crippen LogP contribution in [0.25, 0.3) is 0 Å². The number of unbranched alkanes of at least 4 members (excludes halogenated alkanes) is 3. The van der Waals surface area contributed by atoms with Crippen LogP contribution >= 0.6 is 0 Å². The van der Waals surface area contributed by atoms with Gasteiger partial charge in [-0.15, -0.1) is 0 Å². The molecule has 0 aromatic heterocycles. The molecule has 0 aliphatic heterocycles. The molecule has 3 N–H and O–H groups in total. The van der Waals surface area contributed by atoms with Gasteiger partial charge in [0.25, 0.3) is 0 Å². The molecular weight excluding hydrogens is 252 g/mol. The zero-order valence-corrected chi connectivity index (χ0v) is 11.2. The Morgan fingerprint density at radius 3 is 2.32 bits per heavy atom. The van der Waals surface area contributed by atoms with E-state index in [2.05, 4.69) is 0 Å². The lowest BCUT2D eigenvalue weighted by Crippen LogP contribution is -2.12. The smallest absolute Gasteiger partial charge is 0.305 e. The number of esters is 1. The molecule has 0 fully saturated rings. The van der Waals surface area contributed by atoms with Gasteiger partial charge in [0.1, 0.15) is 0 Å². The van der Waals surface area contributed by atoms with Gasteiger partial charge in [0, 0.05) is 12.8 Å². The minimum absolute atomic E-state index is 0.141. The molecule has 6 heteroatoms. The molecule has 0 aromatic carbocycles. The van der Waals surface area contributed by atoms with Gasteiger partial charge in [0.2, 0.25) is 0 Å². The molecule has 1 unspecified atom stereocenters. The second kappa shape index (κ2) is 11.9. The lowest BCUT2D eigenvalue weighted by Gasteiger charge is -2.07. The fourth-order valence-electron chi connectivity index (χ4n) is 1.55. The number of rotatable bonds is 12. The Morgan fingerprint density at radius 1 is 1.00 bits per heavy atom. The molecule has 0 radical (unpaired) electrons. The summed E-state index contributed by atoms with van der Waals surface area (Å²) in [6.45, 7) is 0.0856. The maximum Gasteiger partial charge on any atom is 0.305 e. The van der Waals surface area contributed by atoms with Crippen molar-refractivity contribution < 1.29 is 29.6 Å². The van der Waals surface area contributed by atoms with Gasteiger partial charge in [-0.2, -0.15) is 0 Å². The minimum Gasteiger partial charge on any atom is -0.481 e. The van der Waals surface area contributed by atoms with E-state index in [-0.39, 0.29) is 19.0 Å². The topological polar surface area (TPSA) is 104 Å². The molecule has 0 heterocycles. The third-order valence-electron chi connectivity index (χ3n) is 2.68. The van der Waals surface area contributed by atoms with Crippen LogP contribution in [0.5, 0.6) is 0 Å². The van der Waals surface area contributed by atoms with Crippen LogP contribution in [0.4, 0.5) is 0 Å². The van der Waals surface area contributed by atoms with Crippen molar-refractivity contribution in [2.45, 2.75) is 57.5 Å². The lowest BCUT2D eigenvalue weighted by atomic mass is 10.1. The zero-order valence-electron chi connectivity index (χ0n) is 11.2. The first-order valence-corrected chi connectivity index (χ1v) is 6.72. The van der Waals surface area contributed by atoms with Crippen LogP contribution in [-0.4, -0.2) is 46.6 Å². The number of carbonyl (C=O) groups excluding carboxylic acids is 1. The highest BCUT2D eigenvalue weighted by Gasteiger charge is 2.04. The van der Waals surface area contributed by atoms with Crippen LogP contribution in [0.2, 0.25) is 0 Å². The molecular formula is C13H24O6. The van der Waals surface area contributed by atoms with Gasteiger partial charge in [-0.3, -0.25) is 9.59 Å². The van der Waals surface area contributed by atoms with Crippen molar-refractivity contribution in [1.29, 1.82) is 0 Å². The third kappa shape index (κ3) is 13.1. The Hall–Kier alpha value is -1.14. The first-order chi connectivity index (χ1) is 9.06. The largest absolute Gasteiger partial charge is 0.481 e. The summed E-state index contributed by atoms with van der Waals surface area (Å²) >= 11 is 0. The van der Waals surface area contributed by atoms with Gasteiger partial charge in [-0.05, 0) is 32.1 Å². The molecule has 112 valence electrons. The van der Waals surface area contributed by atoms with Gasteiger partial charge in [0.05, 0.1) is 19.3 Å². The van der Waals surface area contributed by atoms with E-state index in [1.165, 1.54) is 0 Å². The summed E-state index contributed by atoms with van der Waals surface area (Å²) in [5, 5.41) is 26.1. The maximum absolute atomic E-state index is 11.3. The monoisotopic (exact) mass is 276 g/mol. The highest BCUT2D eigenvalue weighted by molar-refractivity contribution is 5.69. The van der Waals surface area contributed by atoms with Gasteiger partial charge in [-0.1, -0.05) is 6.42 Å². The summed E-state index contributed by atoms with van der Waals surface area (Å²) < 4.78 is 4.99. The Balaban J connectivity index is 3.28. The number of carboxylic acids is 1. The minimum atomic E-state index is -0.812. The summed E-state index contributed by atoms with van der Waals surface area (Å²) in [6.07, 6.45) is 3.59. The molecule has 0 saturated carbocycles. The number of aliphatic hydroxyl groups is 2. The highest BCUT2D eigenvalue weighted by Crippen LogP contribution is 2.05. The molecule has 0 saturated heterocycles. The average molecular weight is 276 g/mol. The van der Waals surface area contributed by atoms with Crippen LogP contribution in [0.3, 0.4) is 0 Å². The van der Waals surface area contributed by atoms with Crippen LogP contribution in [0.1, 0.15) is 51.4 Å². The number of aliphatic hydroxyl groups excluding tert-OH is 2. The summed E-state index contributed by atoms with van der Waals surface area (Å²) in [7, 11) is 0. The van der Waals surface area contributed by atoms with Crippen molar-refractivity contribution in [2.24, 2.45) is 0 Å². The highest BCUT2D eigenvalue weighted by atomic mass is 16.5. The maximum atomic E-state index is 11.3. The van der Waals surface area contributed by atoms with Gasteiger partial charge in [-0.25, -0.2) is 0 Å². The lowest BCUT2D eigenvalue weighted by molar-refractivity contribution is -0.143. The van der Waals surface area contributed by atoms with Crippen molar-refractivity contribution in [3.63, 3.8) is 0 Å². The van der Waals surface area contributed by atoms with E-state index in [0.29, 0.717) is 51.6 Å². The number of hydrogen-bond acceptors (Lipinski definition) is 5. The fourth-order valence-corrected chi connectivity index (χ4v) is 1.55. The molecule has 0 amide bonds. The summed E-state index contributed by atoms with van der Waals surface area (Å²) in [5.74, 6) is -1.08. The van der Waals surface area contributed by atoms with E-state index >= 15 is 0 Å². The Morgan fingerprint density at radius 2 is 1.68 bits per heavy atom. The SMILES string of the molecule is O=C(O)CCCCCC(=O)OCCCCC(O)CO. The zero-order chi connectivity index (χ0) is 14.5. The van der Waals surface area contributed by atoms with Crippen LogP contribution in [0.15, 0.2) is 0 Å². The Kier molecular flexibility index (Phi) is 11.2. The second-order valence-electron chi connectivity index (χ2n) is 4.51. The van der Waals surface area contributed by atoms with E-state index < -0.39 is 12.1 Å². The van der Waals surface area contributed by atoms with E-state index in [1.807, 2.05) is 0 Å². The van der Waals surface area contributed by atoms with E-state index in [0.717, 1.165) is 0 Å². The number of carboxylic acid groups (broad SMARTS) is 1. The van der Waals surface area contributed by atoms with Crippen molar-refractivity contribution >= 4 is 11.9 Å². The molecule has 1 atom stereocenters. The summed E-state index contributed by atoms with van der Waals surface area (Å²) in [5.41, 5.74) is 0.